The van der Waals surface area contributed by atoms with Gasteiger partial charge in [0.05, 0.1) is 5.69 Å². The number of aryl methyl sites for hydroxylation is 1. The van der Waals surface area contributed by atoms with E-state index in [1.165, 1.54) is 5.56 Å². The lowest BCUT2D eigenvalue weighted by molar-refractivity contribution is -0.119. The van der Waals surface area contributed by atoms with E-state index in [0.717, 1.165) is 35.0 Å². The Morgan fingerprint density at radius 2 is 2.00 bits per heavy atom. The summed E-state index contributed by atoms with van der Waals surface area (Å²) in [7, 11) is 0. The fourth-order valence-electron chi connectivity index (χ4n) is 2.65. The molecule has 0 fully saturated rings. The van der Waals surface area contributed by atoms with Crippen LogP contribution in [0.1, 0.15) is 25.8 Å². The summed E-state index contributed by atoms with van der Waals surface area (Å²) in [6, 6.07) is 14.4. The SMILES string of the molecule is CC(=O)NC(C)CCc1ccc(-c2csc(Nc3ccccn3)n2)cc1. The zero-order chi connectivity index (χ0) is 18.4. The van der Waals surface area contributed by atoms with E-state index in [4.69, 9.17) is 0 Å². The summed E-state index contributed by atoms with van der Waals surface area (Å²) < 4.78 is 0. The van der Waals surface area contributed by atoms with Crippen LogP contribution in [0.5, 0.6) is 0 Å². The van der Waals surface area contributed by atoms with Crippen molar-refractivity contribution in [1.82, 2.24) is 15.3 Å². The van der Waals surface area contributed by atoms with Crippen molar-refractivity contribution in [2.24, 2.45) is 0 Å². The zero-order valence-electron chi connectivity index (χ0n) is 14.9. The first-order chi connectivity index (χ1) is 12.6. The highest BCUT2D eigenvalue weighted by atomic mass is 32.1. The molecule has 1 unspecified atom stereocenters. The minimum Gasteiger partial charge on any atom is -0.354 e. The molecule has 5 nitrogen and oxygen atoms in total. The van der Waals surface area contributed by atoms with Gasteiger partial charge in [0, 0.05) is 30.1 Å². The summed E-state index contributed by atoms with van der Waals surface area (Å²) >= 11 is 1.56. The van der Waals surface area contributed by atoms with E-state index in [0.29, 0.717) is 0 Å². The molecule has 1 aromatic carbocycles. The van der Waals surface area contributed by atoms with Crippen LogP contribution in [-0.2, 0) is 11.2 Å². The Morgan fingerprint density at radius 3 is 2.69 bits per heavy atom. The van der Waals surface area contributed by atoms with Gasteiger partial charge in [0.15, 0.2) is 5.13 Å². The maximum absolute atomic E-state index is 11.1. The number of hydrogen-bond donors (Lipinski definition) is 2. The average molecular weight is 366 g/mol. The van der Waals surface area contributed by atoms with Crippen LogP contribution >= 0.6 is 11.3 Å². The largest absolute Gasteiger partial charge is 0.354 e. The highest BCUT2D eigenvalue weighted by Gasteiger charge is 2.07. The fourth-order valence-corrected chi connectivity index (χ4v) is 3.38. The van der Waals surface area contributed by atoms with E-state index in [-0.39, 0.29) is 11.9 Å². The molecule has 2 aromatic heterocycles. The number of nitrogens with zero attached hydrogens (tertiary/aromatic N) is 2. The average Bonchev–Trinajstić information content (AvgIpc) is 3.09. The first-order valence-corrected chi connectivity index (χ1v) is 9.48. The Morgan fingerprint density at radius 1 is 1.19 bits per heavy atom. The molecule has 134 valence electrons. The van der Waals surface area contributed by atoms with Crippen LogP contribution in [0.15, 0.2) is 54.0 Å². The van der Waals surface area contributed by atoms with Crippen molar-refractivity contribution >= 4 is 28.2 Å². The third kappa shape index (κ3) is 5.13. The number of amides is 1. The summed E-state index contributed by atoms with van der Waals surface area (Å²) in [6.45, 7) is 3.58. The van der Waals surface area contributed by atoms with Gasteiger partial charge in [0.1, 0.15) is 5.82 Å². The maximum Gasteiger partial charge on any atom is 0.217 e. The lowest BCUT2D eigenvalue weighted by Gasteiger charge is -2.12. The molecule has 0 aliphatic heterocycles. The number of hydrogen-bond acceptors (Lipinski definition) is 5. The van der Waals surface area contributed by atoms with E-state index in [1.54, 1.807) is 24.5 Å². The van der Waals surface area contributed by atoms with E-state index < -0.39 is 0 Å². The predicted molar refractivity (Wildman–Crippen MR) is 107 cm³/mol. The third-order valence-electron chi connectivity index (χ3n) is 3.97. The van der Waals surface area contributed by atoms with Crippen LogP contribution in [0, 0.1) is 0 Å². The van der Waals surface area contributed by atoms with Gasteiger partial charge in [0.25, 0.3) is 0 Å². The quantitative estimate of drug-likeness (QED) is 0.650. The summed E-state index contributed by atoms with van der Waals surface area (Å²) in [6.07, 6.45) is 3.61. The van der Waals surface area contributed by atoms with Crippen molar-refractivity contribution in [2.45, 2.75) is 32.7 Å². The van der Waals surface area contributed by atoms with Gasteiger partial charge >= 0.3 is 0 Å². The summed E-state index contributed by atoms with van der Waals surface area (Å²) in [5.74, 6) is 0.809. The van der Waals surface area contributed by atoms with Crippen molar-refractivity contribution in [3.8, 4) is 11.3 Å². The maximum atomic E-state index is 11.1. The number of carbonyl (C=O) groups is 1. The van der Waals surface area contributed by atoms with Crippen molar-refractivity contribution in [3.05, 3.63) is 59.6 Å². The van der Waals surface area contributed by atoms with Crippen LogP contribution in [0.2, 0.25) is 0 Å². The van der Waals surface area contributed by atoms with Crippen LogP contribution in [0.3, 0.4) is 0 Å². The Kier molecular flexibility index (Phi) is 5.96. The van der Waals surface area contributed by atoms with Gasteiger partial charge in [0.2, 0.25) is 5.91 Å². The molecular formula is C20H22N4OS. The minimum atomic E-state index is 0.0199. The molecular weight excluding hydrogens is 344 g/mol. The molecule has 0 aliphatic rings. The van der Waals surface area contributed by atoms with Gasteiger partial charge in [-0.2, -0.15) is 0 Å². The Labute approximate surface area is 157 Å². The molecule has 3 aromatic rings. The normalized spacial score (nSPS) is 11.8. The van der Waals surface area contributed by atoms with Gasteiger partial charge in [-0.15, -0.1) is 11.3 Å². The fraction of sp³-hybridized carbons (Fsp3) is 0.250. The topological polar surface area (TPSA) is 66.9 Å². The highest BCUT2D eigenvalue weighted by molar-refractivity contribution is 7.14. The number of pyridine rings is 1. The van der Waals surface area contributed by atoms with Gasteiger partial charge in [-0.25, -0.2) is 9.97 Å². The van der Waals surface area contributed by atoms with E-state index in [9.17, 15) is 4.79 Å². The van der Waals surface area contributed by atoms with E-state index in [2.05, 4.69) is 44.9 Å². The van der Waals surface area contributed by atoms with Crippen LogP contribution < -0.4 is 10.6 Å². The smallest absolute Gasteiger partial charge is 0.217 e. The van der Waals surface area contributed by atoms with Gasteiger partial charge < -0.3 is 10.6 Å². The molecule has 2 N–H and O–H groups in total. The van der Waals surface area contributed by atoms with Gasteiger partial charge in [-0.05, 0) is 37.5 Å². The molecule has 1 atom stereocenters. The first kappa shape index (κ1) is 18.1. The zero-order valence-corrected chi connectivity index (χ0v) is 15.7. The number of thiazole rings is 1. The Hall–Kier alpha value is -2.73. The van der Waals surface area contributed by atoms with E-state index >= 15 is 0 Å². The molecule has 1 amide bonds. The number of anilines is 2. The second-order valence-electron chi connectivity index (χ2n) is 6.22. The Balaban J connectivity index is 1.59. The molecule has 2 heterocycles. The number of carbonyl (C=O) groups excluding carboxylic acids is 1. The lowest BCUT2D eigenvalue weighted by atomic mass is 10.0. The molecule has 0 aliphatic carbocycles. The third-order valence-corrected chi connectivity index (χ3v) is 4.73. The highest BCUT2D eigenvalue weighted by Crippen LogP contribution is 2.27. The molecule has 3 rings (SSSR count). The van der Waals surface area contributed by atoms with Crippen LogP contribution in [0.4, 0.5) is 10.9 Å². The molecule has 6 heteroatoms. The minimum absolute atomic E-state index is 0.0199. The molecule has 0 radical (unpaired) electrons. The first-order valence-electron chi connectivity index (χ1n) is 8.60. The number of aromatic nitrogens is 2. The van der Waals surface area contributed by atoms with Crippen molar-refractivity contribution in [2.75, 3.05) is 5.32 Å². The molecule has 0 saturated heterocycles. The Bertz CT molecular complexity index is 846. The van der Waals surface area contributed by atoms with Crippen LogP contribution in [0.25, 0.3) is 11.3 Å². The van der Waals surface area contributed by atoms with Crippen molar-refractivity contribution < 1.29 is 4.79 Å². The second kappa shape index (κ2) is 8.58. The summed E-state index contributed by atoms with van der Waals surface area (Å²) in [5, 5.41) is 9.00. The lowest BCUT2D eigenvalue weighted by Crippen LogP contribution is -2.30. The monoisotopic (exact) mass is 366 g/mol. The van der Waals surface area contributed by atoms with Crippen molar-refractivity contribution in [1.29, 1.82) is 0 Å². The standard InChI is InChI=1S/C20H22N4OS/c1-14(22-15(2)25)6-7-16-8-10-17(11-9-16)18-13-26-20(23-18)24-19-5-3-4-12-21-19/h3-5,8-14H,6-7H2,1-2H3,(H,22,25)(H,21,23,24). The van der Waals surface area contributed by atoms with Gasteiger partial charge in [-0.1, -0.05) is 30.3 Å². The van der Waals surface area contributed by atoms with Gasteiger partial charge in [-0.3, -0.25) is 4.79 Å². The molecule has 0 spiro atoms. The second-order valence-corrected chi connectivity index (χ2v) is 7.07. The molecule has 0 saturated carbocycles. The van der Waals surface area contributed by atoms with Crippen molar-refractivity contribution in [3.63, 3.8) is 0 Å². The molecule has 0 bridgehead atoms. The predicted octanol–water partition coefficient (Wildman–Crippen LogP) is 4.41. The van der Waals surface area contributed by atoms with E-state index in [1.807, 2.05) is 30.5 Å². The number of nitrogens with one attached hydrogen (secondary N) is 2. The number of rotatable bonds is 7. The summed E-state index contributed by atoms with van der Waals surface area (Å²) in [5.41, 5.74) is 3.30. The molecule has 26 heavy (non-hydrogen) atoms. The van der Waals surface area contributed by atoms with Crippen LogP contribution in [-0.4, -0.2) is 21.9 Å². The number of benzene rings is 1. The summed E-state index contributed by atoms with van der Waals surface area (Å²) in [4.78, 5) is 19.9.